The zero-order valence-corrected chi connectivity index (χ0v) is 10.4. The maximum absolute atomic E-state index is 5.84. The Morgan fingerprint density at radius 1 is 1.06 bits per heavy atom. The van der Waals surface area contributed by atoms with Gasteiger partial charge in [0.1, 0.15) is 11.5 Å². The molecule has 0 bridgehead atoms. The van der Waals surface area contributed by atoms with Crippen LogP contribution in [-0.2, 0) is 12.8 Å². The predicted octanol–water partition coefficient (Wildman–Crippen LogP) is 3.40. The Hall–Kier alpha value is -2.03. The van der Waals surface area contributed by atoms with Gasteiger partial charge >= 0.3 is 0 Å². The molecule has 3 nitrogen and oxygen atoms in total. The normalized spacial score (nSPS) is 13.2. The molecule has 0 fully saturated rings. The average Bonchev–Trinajstić information content (AvgIpc) is 2.86. The van der Waals surface area contributed by atoms with Crippen molar-refractivity contribution in [1.82, 2.24) is 4.98 Å². The third kappa shape index (κ3) is 2.16. The van der Waals surface area contributed by atoms with Crippen molar-refractivity contribution in [3.63, 3.8) is 0 Å². The fourth-order valence-corrected chi connectivity index (χ4v) is 2.36. The molecule has 0 atom stereocenters. The molecule has 1 aromatic carbocycles. The summed E-state index contributed by atoms with van der Waals surface area (Å²) in [5.41, 5.74) is 3.84. The Balaban J connectivity index is 1.83. The maximum Gasteiger partial charge on any atom is 0.147 e. The van der Waals surface area contributed by atoms with Gasteiger partial charge in [-0.05, 0) is 42.5 Å². The molecule has 3 heteroatoms. The van der Waals surface area contributed by atoms with Crippen LogP contribution in [0.2, 0.25) is 0 Å². The quantitative estimate of drug-likeness (QED) is 0.892. The highest BCUT2D eigenvalue weighted by atomic mass is 16.5. The number of hydrogen-bond donors (Lipinski definition) is 1. The van der Waals surface area contributed by atoms with Crippen molar-refractivity contribution in [1.29, 1.82) is 0 Å². The third-order valence-corrected chi connectivity index (χ3v) is 3.31. The second-order valence-corrected chi connectivity index (χ2v) is 4.55. The van der Waals surface area contributed by atoms with Crippen molar-refractivity contribution in [2.24, 2.45) is 0 Å². The second-order valence-electron chi connectivity index (χ2n) is 4.55. The monoisotopic (exact) mass is 240 g/mol. The lowest BCUT2D eigenvalue weighted by Gasteiger charge is -2.08. The average molecular weight is 240 g/mol. The number of anilines is 1. The minimum atomic E-state index is 0.764. The highest BCUT2D eigenvalue weighted by molar-refractivity contribution is 5.46. The Kier molecular flexibility index (Phi) is 2.89. The van der Waals surface area contributed by atoms with E-state index in [1.165, 1.54) is 30.4 Å². The van der Waals surface area contributed by atoms with E-state index in [1.807, 2.05) is 19.2 Å². The minimum Gasteiger partial charge on any atom is -0.456 e. The Morgan fingerprint density at radius 3 is 2.83 bits per heavy atom. The van der Waals surface area contributed by atoms with Crippen LogP contribution in [0, 0.1) is 0 Å². The summed E-state index contributed by atoms with van der Waals surface area (Å²) in [6, 6.07) is 8.30. The first-order valence-electron chi connectivity index (χ1n) is 6.27. The zero-order chi connectivity index (χ0) is 12.4. The lowest BCUT2D eigenvalue weighted by atomic mass is 10.1. The number of benzene rings is 1. The van der Waals surface area contributed by atoms with Crippen LogP contribution in [0.25, 0.3) is 0 Å². The number of fused-ring (bicyclic) bond motifs is 1. The molecule has 0 amide bonds. The molecule has 1 heterocycles. The number of nitrogens with zero attached hydrogens (tertiary/aromatic N) is 1. The molecule has 0 saturated carbocycles. The summed E-state index contributed by atoms with van der Waals surface area (Å²) in [7, 11) is 1.87. The molecule has 1 N–H and O–H groups in total. The van der Waals surface area contributed by atoms with Gasteiger partial charge in [0.15, 0.2) is 0 Å². The van der Waals surface area contributed by atoms with Crippen LogP contribution in [0.4, 0.5) is 5.69 Å². The van der Waals surface area contributed by atoms with E-state index in [0.717, 1.165) is 17.2 Å². The van der Waals surface area contributed by atoms with Crippen LogP contribution in [0.15, 0.2) is 36.7 Å². The molecule has 2 aromatic rings. The summed E-state index contributed by atoms with van der Waals surface area (Å²) in [4.78, 5) is 4.14. The number of pyridine rings is 1. The van der Waals surface area contributed by atoms with E-state index in [0.29, 0.717) is 0 Å². The van der Waals surface area contributed by atoms with Gasteiger partial charge < -0.3 is 10.1 Å². The first-order valence-corrected chi connectivity index (χ1v) is 6.27. The van der Waals surface area contributed by atoms with Gasteiger partial charge in [0.2, 0.25) is 0 Å². The Labute approximate surface area is 107 Å². The Morgan fingerprint density at radius 2 is 1.94 bits per heavy atom. The van der Waals surface area contributed by atoms with Gasteiger partial charge in [0, 0.05) is 13.1 Å². The smallest absolute Gasteiger partial charge is 0.147 e. The molecule has 1 aliphatic rings. The fourth-order valence-electron chi connectivity index (χ4n) is 2.36. The number of hydrogen-bond acceptors (Lipinski definition) is 3. The first kappa shape index (κ1) is 11.1. The summed E-state index contributed by atoms with van der Waals surface area (Å²) >= 11 is 0. The lowest BCUT2D eigenvalue weighted by molar-refractivity contribution is 0.480. The standard InChI is InChI=1S/C15H16N2O/c1-16-13-8-15(10-17-9-13)18-14-6-5-11-3-2-4-12(11)7-14/h5-10,16H,2-4H2,1H3. The SMILES string of the molecule is CNc1cncc(Oc2ccc3c(c2)CCC3)c1. The second kappa shape index (κ2) is 4.69. The van der Waals surface area contributed by atoms with E-state index < -0.39 is 0 Å². The van der Waals surface area contributed by atoms with Crippen molar-refractivity contribution >= 4 is 5.69 Å². The van der Waals surface area contributed by atoms with Gasteiger partial charge in [-0.1, -0.05) is 6.07 Å². The summed E-state index contributed by atoms with van der Waals surface area (Å²) < 4.78 is 5.84. The third-order valence-electron chi connectivity index (χ3n) is 3.31. The number of aromatic nitrogens is 1. The topological polar surface area (TPSA) is 34.2 Å². The number of nitrogens with one attached hydrogen (secondary N) is 1. The molecule has 0 aliphatic heterocycles. The van der Waals surface area contributed by atoms with Crippen LogP contribution in [0.3, 0.4) is 0 Å². The molecule has 0 radical (unpaired) electrons. The van der Waals surface area contributed by atoms with Gasteiger partial charge in [-0.15, -0.1) is 0 Å². The lowest BCUT2D eigenvalue weighted by Crippen LogP contribution is -1.92. The first-order chi connectivity index (χ1) is 8.85. The van der Waals surface area contributed by atoms with Gasteiger partial charge in [-0.3, -0.25) is 4.98 Å². The van der Waals surface area contributed by atoms with E-state index in [-0.39, 0.29) is 0 Å². The number of rotatable bonds is 3. The van der Waals surface area contributed by atoms with Crippen LogP contribution in [0.1, 0.15) is 17.5 Å². The molecule has 1 aromatic heterocycles. The highest BCUT2D eigenvalue weighted by Crippen LogP contribution is 2.29. The van der Waals surface area contributed by atoms with Crippen LogP contribution in [0.5, 0.6) is 11.5 Å². The van der Waals surface area contributed by atoms with Crippen molar-refractivity contribution in [2.75, 3.05) is 12.4 Å². The zero-order valence-electron chi connectivity index (χ0n) is 10.4. The molecule has 18 heavy (non-hydrogen) atoms. The largest absolute Gasteiger partial charge is 0.456 e. The highest BCUT2D eigenvalue weighted by Gasteiger charge is 2.11. The van der Waals surface area contributed by atoms with E-state index in [2.05, 4.69) is 22.4 Å². The molecule has 0 unspecified atom stereocenters. The molecule has 3 rings (SSSR count). The predicted molar refractivity (Wildman–Crippen MR) is 72.3 cm³/mol. The molecular weight excluding hydrogens is 224 g/mol. The Bertz CT molecular complexity index is 566. The van der Waals surface area contributed by atoms with Crippen molar-refractivity contribution in [3.05, 3.63) is 47.8 Å². The molecule has 92 valence electrons. The van der Waals surface area contributed by atoms with Gasteiger partial charge in [0.05, 0.1) is 18.1 Å². The van der Waals surface area contributed by atoms with Gasteiger partial charge in [-0.25, -0.2) is 0 Å². The summed E-state index contributed by atoms with van der Waals surface area (Å²) in [5.74, 6) is 1.66. The maximum atomic E-state index is 5.84. The minimum absolute atomic E-state index is 0.764. The molecule has 1 aliphatic carbocycles. The molecular formula is C15H16N2O. The molecule has 0 spiro atoms. The van der Waals surface area contributed by atoms with Crippen LogP contribution >= 0.6 is 0 Å². The molecule has 0 saturated heterocycles. The fraction of sp³-hybridized carbons (Fsp3) is 0.267. The van der Waals surface area contributed by atoms with E-state index in [4.69, 9.17) is 4.74 Å². The summed E-state index contributed by atoms with van der Waals surface area (Å²) in [5, 5.41) is 3.05. The van der Waals surface area contributed by atoms with Crippen molar-refractivity contribution in [2.45, 2.75) is 19.3 Å². The van der Waals surface area contributed by atoms with Gasteiger partial charge in [0.25, 0.3) is 0 Å². The van der Waals surface area contributed by atoms with Crippen LogP contribution < -0.4 is 10.1 Å². The van der Waals surface area contributed by atoms with Gasteiger partial charge in [-0.2, -0.15) is 0 Å². The van der Waals surface area contributed by atoms with Crippen molar-refractivity contribution < 1.29 is 4.74 Å². The summed E-state index contributed by atoms with van der Waals surface area (Å²) in [6.45, 7) is 0. The number of aryl methyl sites for hydroxylation is 2. The van der Waals surface area contributed by atoms with Crippen LogP contribution in [-0.4, -0.2) is 12.0 Å². The van der Waals surface area contributed by atoms with E-state index in [9.17, 15) is 0 Å². The van der Waals surface area contributed by atoms with Crippen molar-refractivity contribution in [3.8, 4) is 11.5 Å². The number of ether oxygens (including phenoxy) is 1. The summed E-state index contributed by atoms with van der Waals surface area (Å²) in [6.07, 6.45) is 7.13. The van der Waals surface area contributed by atoms with E-state index in [1.54, 1.807) is 12.4 Å². The van der Waals surface area contributed by atoms with E-state index >= 15 is 0 Å².